The summed E-state index contributed by atoms with van der Waals surface area (Å²) in [6.45, 7) is 3.94. The number of aromatic nitrogens is 2. The number of hydrogen-bond acceptors (Lipinski definition) is 6. The minimum Gasteiger partial charge on any atom is -0.353 e. The van der Waals surface area contributed by atoms with E-state index in [0.717, 1.165) is 55.1 Å². The third kappa shape index (κ3) is 4.53. The smallest absolute Gasteiger partial charge is 0.234 e. The minimum absolute atomic E-state index is 0.0210. The molecule has 176 valence electrons. The third-order valence-corrected chi connectivity index (χ3v) is 7.85. The maximum absolute atomic E-state index is 12.9. The Kier molecular flexibility index (Phi) is 6.81. The highest BCUT2D eigenvalue weighted by atomic mass is 16.2. The van der Waals surface area contributed by atoms with Crippen molar-refractivity contribution < 1.29 is 9.59 Å². The molecule has 32 heavy (non-hydrogen) atoms. The number of carbonyl (C=O) groups excluding carboxylic acids is 2. The van der Waals surface area contributed by atoms with Crippen LogP contribution in [0, 0.1) is 6.92 Å². The molecule has 1 saturated heterocycles. The largest absolute Gasteiger partial charge is 0.353 e. The lowest BCUT2D eigenvalue weighted by Gasteiger charge is -2.43. The lowest BCUT2D eigenvalue weighted by Crippen LogP contribution is -2.54. The van der Waals surface area contributed by atoms with Crippen molar-refractivity contribution >= 4 is 17.6 Å². The van der Waals surface area contributed by atoms with Gasteiger partial charge in [-0.3, -0.25) is 19.4 Å². The van der Waals surface area contributed by atoms with Crippen molar-refractivity contribution in [2.45, 2.75) is 76.3 Å². The number of likely N-dealkylation sites (N-methyl/N-ethyl adjacent to an activating group) is 1. The topological polar surface area (TPSA) is 81.7 Å². The van der Waals surface area contributed by atoms with Crippen LogP contribution in [-0.4, -0.2) is 77.9 Å². The van der Waals surface area contributed by atoms with Crippen LogP contribution in [0.25, 0.3) is 0 Å². The van der Waals surface area contributed by atoms with Gasteiger partial charge in [-0.15, -0.1) is 0 Å². The Morgan fingerprint density at radius 3 is 2.62 bits per heavy atom. The second-order valence-electron chi connectivity index (χ2n) is 10.0. The van der Waals surface area contributed by atoms with E-state index in [2.05, 4.69) is 29.2 Å². The molecule has 1 unspecified atom stereocenters. The van der Waals surface area contributed by atoms with E-state index in [1.807, 2.05) is 6.92 Å². The number of fused-ring (bicyclic) bond motifs is 1. The van der Waals surface area contributed by atoms with Crippen LogP contribution in [0.1, 0.15) is 74.5 Å². The summed E-state index contributed by atoms with van der Waals surface area (Å²) < 4.78 is 0. The molecule has 0 aromatic carbocycles. The molecule has 2 fully saturated rings. The number of nitrogens with zero attached hydrogens (tertiary/aromatic N) is 5. The molecule has 0 radical (unpaired) electrons. The molecule has 1 saturated carbocycles. The van der Waals surface area contributed by atoms with E-state index < -0.39 is 0 Å². The number of aryl methyl sites for hydroxylation is 1. The molecule has 1 aliphatic carbocycles. The maximum Gasteiger partial charge on any atom is 0.234 e. The van der Waals surface area contributed by atoms with Gasteiger partial charge in [0.1, 0.15) is 11.6 Å². The van der Waals surface area contributed by atoms with Gasteiger partial charge < -0.3 is 10.2 Å². The highest BCUT2D eigenvalue weighted by Gasteiger charge is 2.36. The maximum atomic E-state index is 12.9. The van der Waals surface area contributed by atoms with Crippen molar-refractivity contribution in [1.82, 2.24) is 25.1 Å². The summed E-state index contributed by atoms with van der Waals surface area (Å²) >= 11 is 0. The van der Waals surface area contributed by atoms with Crippen molar-refractivity contribution in [1.29, 1.82) is 0 Å². The average Bonchev–Trinajstić information content (AvgIpc) is 3.23. The highest BCUT2D eigenvalue weighted by molar-refractivity contribution is 5.94. The van der Waals surface area contributed by atoms with Crippen LogP contribution in [0.5, 0.6) is 0 Å². The Hall–Kier alpha value is -2.06. The fourth-order valence-electron chi connectivity index (χ4n) is 5.64. The summed E-state index contributed by atoms with van der Waals surface area (Å²) in [5, 5.41) is 3.23. The second-order valence-corrected chi connectivity index (χ2v) is 10.0. The van der Waals surface area contributed by atoms with E-state index in [1.54, 1.807) is 11.9 Å². The van der Waals surface area contributed by atoms with Crippen molar-refractivity contribution in [2.75, 3.05) is 45.7 Å². The van der Waals surface area contributed by atoms with E-state index in [9.17, 15) is 9.59 Å². The molecule has 1 aromatic rings. The molecule has 0 spiro atoms. The zero-order chi connectivity index (χ0) is 22.9. The first-order valence-corrected chi connectivity index (χ1v) is 12.1. The molecule has 3 aliphatic rings. The number of hydrogen-bond donors (Lipinski definition) is 1. The van der Waals surface area contributed by atoms with Gasteiger partial charge in [0.05, 0.1) is 12.6 Å². The van der Waals surface area contributed by atoms with Gasteiger partial charge in [-0.25, -0.2) is 9.97 Å². The lowest BCUT2D eigenvalue weighted by atomic mass is 9.80. The molecule has 4 rings (SSSR count). The minimum atomic E-state index is 0.0210. The number of carbonyl (C=O) groups is 2. The summed E-state index contributed by atoms with van der Waals surface area (Å²) in [5.41, 5.74) is 2.10. The average molecular weight is 443 g/mol. The number of anilines is 1. The van der Waals surface area contributed by atoms with Gasteiger partial charge in [0, 0.05) is 36.8 Å². The van der Waals surface area contributed by atoms with Crippen LogP contribution in [0.2, 0.25) is 0 Å². The summed E-state index contributed by atoms with van der Waals surface area (Å²) in [6.07, 6.45) is 9.20. The van der Waals surface area contributed by atoms with Gasteiger partial charge in [0.2, 0.25) is 11.8 Å². The Labute approximate surface area is 191 Å². The number of rotatable bonds is 6. The Balaban J connectivity index is 1.43. The van der Waals surface area contributed by atoms with Crippen LogP contribution in [0.4, 0.5) is 5.82 Å². The van der Waals surface area contributed by atoms with Crippen molar-refractivity contribution in [3.05, 3.63) is 17.1 Å². The van der Waals surface area contributed by atoms with Gasteiger partial charge in [-0.1, -0.05) is 19.3 Å². The first-order chi connectivity index (χ1) is 15.3. The quantitative estimate of drug-likeness (QED) is 0.728. The fraction of sp³-hybridized carbons (Fsp3) is 0.750. The fourth-order valence-corrected chi connectivity index (χ4v) is 5.64. The molecule has 1 N–H and O–H groups in total. The zero-order valence-electron chi connectivity index (χ0n) is 20.1. The zero-order valence-corrected chi connectivity index (χ0v) is 20.1. The molecule has 8 heteroatoms. The Morgan fingerprint density at radius 1 is 1.16 bits per heavy atom. The van der Waals surface area contributed by atoms with Crippen LogP contribution >= 0.6 is 0 Å². The molecular weight excluding hydrogens is 404 g/mol. The summed E-state index contributed by atoms with van der Waals surface area (Å²) in [6, 6.07) is 0.0210. The molecule has 1 aromatic heterocycles. The van der Waals surface area contributed by atoms with E-state index >= 15 is 0 Å². The predicted octanol–water partition coefficient (Wildman–Crippen LogP) is 2.21. The number of nitrogens with one attached hydrogen (secondary N) is 1. The molecule has 0 bridgehead atoms. The Bertz CT molecular complexity index is 864. The van der Waals surface area contributed by atoms with E-state index in [0.29, 0.717) is 25.9 Å². The van der Waals surface area contributed by atoms with Gasteiger partial charge in [-0.2, -0.15) is 0 Å². The summed E-state index contributed by atoms with van der Waals surface area (Å²) in [4.78, 5) is 40.9. The van der Waals surface area contributed by atoms with Crippen LogP contribution in [-0.2, 0) is 16.0 Å². The van der Waals surface area contributed by atoms with Gasteiger partial charge in [0.15, 0.2) is 0 Å². The summed E-state index contributed by atoms with van der Waals surface area (Å²) in [7, 11) is 6.05. The van der Waals surface area contributed by atoms with E-state index in [-0.39, 0.29) is 23.4 Å². The van der Waals surface area contributed by atoms with Crippen LogP contribution < -0.4 is 10.2 Å². The van der Waals surface area contributed by atoms with Crippen molar-refractivity contribution in [3.63, 3.8) is 0 Å². The van der Waals surface area contributed by atoms with Crippen LogP contribution in [0.3, 0.4) is 0 Å². The van der Waals surface area contributed by atoms with Gasteiger partial charge >= 0.3 is 0 Å². The van der Waals surface area contributed by atoms with Crippen molar-refractivity contribution in [3.8, 4) is 0 Å². The number of amides is 2. The standard InChI is InChI=1S/C24H38N6O2/c1-17-18-10-11-21(32)29(4)23(18)27-22(26-17)19-9-8-14-30(19)15-20(31)25-16-24(28(2)3)12-6-5-7-13-24/h19H,5-16H2,1-4H3,(H,25,31). The first-order valence-electron chi connectivity index (χ1n) is 12.1. The lowest BCUT2D eigenvalue weighted by molar-refractivity contribution is -0.123. The molecular formula is C24H38N6O2. The summed E-state index contributed by atoms with van der Waals surface area (Å²) in [5.74, 6) is 1.66. The first kappa shape index (κ1) is 23.1. The number of likely N-dealkylation sites (tertiary alicyclic amines) is 1. The molecule has 2 amide bonds. The molecule has 2 aliphatic heterocycles. The van der Waals surface area contributed by atoms with Crippen LogP contribution in [0.15, 0.2) is 0 Å². The monoisotopic (exact) mass is 442 g/mol. The van der Waals surface area contributed by atoms with E-state index in [4.69, 9.17) is 9.97 Å². The third-order valence-electron chi connectivity index (χ3n) is 7.85. The normalized spacial score (nSPS) is 23.5. The predicted molar refractivity (Wildman–Crippen MR) is 125 cm³/mol. The second kappa shape index (κ2) is 9.43. The Morgan fingerprint density at radius 2 is 1.91 bits per heavy atom. The molecule has 3 heterocycles. The van der Waals surface area contributed by atoms with Crippen molar-refractivity contribution in [2.24, 2.45) is 0 Å². The highest BCUT2D eigenvalue weighted by Crippen LogP contribution is 2.34. The SMILES string of the molecule is Cc1nc(C2CCCN2CC(=O)NCC2(N(C)C)CCCCC2)nc2c1CCC(=O)N2C. The molecule has 1 atom stereocenters. The molecule has 8 nitrogen and oxygen atoms in total. The van der Waals surface area contributed by atoms with Gasteiger partial charge in [0.25, 0.3) is 0 Å². The van der Waals surface area contributed by atoms with E-state index in [1.165, 1.54) is 19.3 Å². The van der Waals surface area contributed by atoms with Gasteiger partial charge in [-0.05, 0) is 59.7 Å².